The molecule has 0 radical (unpaired) electrons. The van der Waals surface area contributed by atoms with E-state index < -0.39 is 126 Å². The first-order valence-electron chi connectivity index (χ1n) is 22.7. The molecule has 378 valence electrons. The molecule has 2 saturated heterocycles. The molecule has 8 atom stereocenters. The van der Waals surface area contributed by atoms with Gasteiger partial charge in [0.25, 0.3) is 5.91 Å². The zero-order valence-electron chi connectivity index (χ0n) is 38.5. The van der Waals surface area contributed by atoms with Crippen molar-refractivity contribution in [3.8, 4) is 0 Å². The molecule has 4 rings (SSSR count). The van der Waals surface area contributed by atoms with Gasteiger partial charge in [-0.3, -0.25) is 47.9 Å². The van der Waals surface area contributed by atoms with Crippen molar-refractivity contribution < 1.29 is 73.8 Å². The molecule has 0 aliphatic carbocycles. The number of aromatic nitrogens is 1. The van der Waals surface area contributed by atoms with Crippen molar-refractivity contribution >= 4 is 87.8 Å². The molecule has 69 heavy (non-hydrogen) atoms. The summed E-state index contributed by atoms with van der Waals surface area (Å²) in [5.74, 6) is -9.45. The second kappa shape index (κ2) is 26.1. The van der Waals surface area contributed by atoms with Crippen molar-refractivity contribution in [2.45, 2.75) is 132 Å². The fraction of sp³-hybridized carbons (Fsp3) is 0.568. The maximum atomic E-state index is 14.2. The molecule has 1 aromatic carbocycles. The van der Waals surface area contributed by atoms with Gasteiger partial charge in [0.1, 0.15) is 42.3 Å². The van der Waals surface area contributed by atoms with Gasteiger partial charge in [0.05, 0.1) is 6.42 Å². The van der Waals surface area contributed by atoms with E-state index in [4.69, 9.17) is 15.9 Å². The van der Waals surface area contributed by atoms with E-state index in [0.29, 0.717) is 24.2 Å². The Morgan fingerprint density at radius 2 is 1.23 bits per heavy atom. The Bertz CT molecular complexity index is 2240. The third-order valence-electron chi connectivity index (χ3n) is 12.0. The number of aliphatic carboxylic acids is 3. The van der Waals surface area contributed by atoms with Gasteiger partial charge in [-0.2, -0.15) is 11.8 Å². The average Bonchev–Trinajstić information content (AvgIpc) is 4.09. The minimum Gasteiger partial charge on any atom is -0.481 e. The minimum absolute atomic E-state index is 0.0468. The van der Waals surface area contributed by atoms with E-state index >= 15 is 0 Å². The average molecular weight is 988 g/mol. The summed E-state index contributed by atoms with van der Waals surface area (Å²) in [7, 11) is 0. The smallest absolute Gasteiger partial charge is 0.326 e. The number of benzene rings is 1. The van der Waals surface area contributed by atoms with Gasteiger partial charge < -0.3 is 68.2 Å². The number of nitrogens with two attached hydrogens (primary N) is 1. The Hall–Kier alpha value is -6.76. The van der Waals surface area contributed by atoms with Crippen molar-refractivity contribution in [1.29, 1.82) is 0 Å². The van der Waals surface area contributed by atoms with E-state index in [-0.39, 0.29) is 64.5 Å². The molecule has 8 amide bonds. The van der Waals surface area contributed by atoms with E-state index in [1.54, 1.807) is 24.6 Å². The third kappa shape index (κ3) is 15.9. The number of fused-ring (bicyclic) bond motifs is 1. The molecule has 3 heterocycles. The predicted molar refractivity (Wildman–Crippen MR) is 246 cm³/mol. The lowest BCUT2D eigenvalue weighted by Gasteiger charge is -2.30. The fourth-order valence-corrected chi connectivity index (χ4v) is 8.75. The number of carboxylic acids is 3. The van der Waals surface area contributed by atoms with Crippen LogP contribution >= 0.6 is 11.8 Å². The van der Waals surface area contributed by atoms with Gasteiger partial charge in [0, 0.05) is 55.9 Å². The molecule has 2 aromatic rings. The Kier molecular flexibility index (Phi) is 20.8. The molecule has 0 bridgehead atoms. The number of hydrogen-bond donors (Lipinski definition) is 11. The van der Waals surface area contributed by atoms with E-state index in [0.717, 1.165) is 10.9 Å². The highest BCUT2D eigenvalue weighted by molar-refractivity contribution is 7.98. The second-order valence-electron chi connectivity index (χ2n) is 17.1. The predicted octanol–water partition coefficient (Wildman–Crippen LogP) is -2.42. The number of rotatable bonds is 27. The van der Waals surface area contributed by atoms with Crippen LogP contribution in [0.5, 0.6) is 0 Å². The number of nitrogens with zero attached hydrogens (tertiary/aromatic N) is 2. The number of aromatic amines is 1. The Morgan fingerprint density at radius 3 is 1.83 bits per heavy atom. The lowest BCUT2D eigenvalue weighted by molar-refractivity contribution is -0.407. The minimum atomic E-state index is -1.56. The summed E-state index contributed by atoms with van der Waals surface area (Å²) >= 11 is 1.35. The van der Waals surface area contributed by atoms with Crippen LogP contribution in [0.15, 0.2) is 30.5 Å². The lowest BCUT2D eigenvalue weighted by Crippen LogP contribution is -2.69. The first-order valence-corrected chi connectivity index (χ1v) is 24.1. The van der Waals surface area contributed by atoms with Crippen LogP contribution in [0.25, 0.3) is 10.9 Å². The van der Waals surface area contributed by atoms with Crippen LogP contribution in [0.1, 0.15) is 83.1 Å². The van der Waals surface area contributed by atoms with Crippen molar-refractivity contribution in [2.24, 2.45) is 5.73 Å². The molecule has 0 spiro atoms. The van der Waals surface area contributed by atoms with Crippen LogP contribution in [0.3, 0.4) is 0 Å². The summed E-state index contributed by atoms with van der Waals surface area (Å²) in [4.78, 5) is 148. The SMILES string of the molecule is CSCC[C@H](NC(=O)[C@H](Cc1c[nH]c2ccccc12)NC(=O)[C@@H]1CCCN1C(=O)[C@H](C)NC(=O)[C@H](CCC(N)=O)NC(=O)[C@@H]1CCCN1C(=O)[C@@H]([NH3+])CCC(=O)O)C(=O)N[C@@H](CCC(=O)O)C(=O)O. The van der Waals surface area contributed by atoms with Gasteiger partial charge in [-0.05, 0) is 75.5 Å². The number of primary amides is 1. The summed E-state index contributed by atoms with van der Waals surface area (Å²) in [6.07, 6.45) is 2.71. The zero-order valence-corrected chi connectivity index (χ0v) is 39.3. The molecule has 0 unspecified atom stereocenters. The van der Waals surface area contributed by atoms with E-state index in [2.05, 4.69) is 37.3 Å². The molecular formula is C44H63N10O14S+. The van der Waals surface area contributed by atoms with Crippen LogP contribution < -0.4 is 38.1 Å². The fourth-order valence-electron chi connectivity index (χ4n) is 8.28. The summed E-state index contributed by atoms with van der Waals surface area (Å²) in [5, 5.41) is 41.4. The summed E-state index contributed by atoms with van der Waals surface area (Å²) in [5.41, 5.74) is 10.5. The normalized spacial score (nSPS) is 18.2. The number of amides is 8. The molecule has 2 aliphatic heterocycles. The van der Waals surface area contributed by atoms with Gasteiger partial charge in [0.15, 0.2) is 6.04 Å². The summed E-state index contributed by atoms with van der Waals surface area (Å²) < 4.78 is 0. The molecule has 0 saturated carbocycles. The molecular weight excluding hydrogens is 925 g/mol. The standard InChI is InChI=1S/C44H62N10O14S/c1-23(48-37(60)28(12-14-34(46)55)50-40(63)33-10-6-19-54(33)43(66)26(45)11-15-35(56)57)42(65)53-18-5-9-32(53)41(64)52-31(21-24-22-47-27-8-4-3-7-25(24)27)39(62)49-29(17-20-69-2)38(61)51-30(44(67)68)13-16-36(58)59/h3-4,7-8,22-23,26,28-33,47H,5-6,9-21,45H2,1-2H3,(H2,46,55)(H,48,60)(H,49,62)(H,50,63)(H,51,61)(H,52,64)(H,56,57)(H,58,59)(H,67,68)/p+1/t23-,26-,28-,29-,30-,31-,32-,33-/m0/s1. The number of carbonyl (C=O) groups excluding carboxylic acids is 8. The van der Waals surface area contributed by atoms with Gasteiger partial charge in [-0.15, -0.1) is 0 Å². The molecule has 25 heteroatoms. The van der Waals surface area contributed by atoms with E-state index in [9.17, 15) is 57.8 Å². The molecule has 2 fully saturated rings. The van der Waals surface area contributed by atoms with Crippen LogP contribution in [-0.4, -0.2) is 169 Å². The van der Waals surface area contributed by atoms with Crippen molar-refractivity contribution in [3.05, 3.63) is 36.0 Å². The van der Waals surface area contributed by atoms with E-state index in [1.165, 1.54) is 28.5 Å². The molecule has 14 N–H and O–H groups in total. The van der Waals surface area contributed by atoms with Crippen LogP contribution in [0, 0.1) is 0 Å². The number of para-hydroxylation sites is 1. The van der Waals surface area contributed by atoms with E-state index in [1.807, 2.05) is 12.1 Å². The Labute approximate surface area is 401 Å². The van der Waals surface area contributed by atoms with Gasteiger partial charge in [0.2, 0.25) is 41.4 Å². The second-order valence-corrected chi connectivity index (χ2v) is 18.1. The maximum absolute atomic E-state index is 14.2. The number of quaternary nitrogens is 1. The summed E-state index contributed by atoms with van der Waals surface area (Å²) in [6, 6.07) is -2.73. The van der Waals surface area contributed by atoms with Crippen LogP contribution in [0.4, 0.5) is 0 Å². The third-order valence-corrected chi connectivity index (χ3v) is 12.7. The molecule has 24 nitrogen and oxygen atoms in total. The van der Waals surface area contributed by atoms with Crippen molar-refractivity contribution in [1.82, 2.24) is 41.4 Å². The maximum Gasteiger partial charge on any atom is 0.326 e. The van der Waals surface area contributed by atoms with Crippen LogP contribution in [-0.2, 0) is 59.2 Å². The van der Waals surface area contributed by atoms with Gasteiger partial charge in [-0.1, -0.05) is 18.2 Å². The number of hydrogen-bond acceptors (Lipinski definition) is 12. The molecule has 2 aliphatic rings. The quantitative estimate of drug-likeness (QED) is 0.0444. The monoisotopic (exact) mass is 987 g/mol. The number of likely N-dealkylation sites (tertiary alicyclic amines) is 2. The Morgan fingerprint density at radius 1 is 0.710 bits per heavy atom. The largest absolute Gasteiger partial charge is 0.481 e. The number of thioether (sulfide) groups is 1. The number of carbonyl (C=O) groups is 11. The van der Waals surface area contributed by atoms with Gasteiger partial charge >= 0.3 is 17.9 Å². The zero-order chi connectivity index (χ0) is 50.9. The first kappa shape index (κ1) is 54.8. The Balaban J connectivity index is 1.50. The van der Waals surface area contributed by atoms with Crippen molar-refractivity contribution in [2.75, 3.05) is 25.1 Å². The molecule has 1 aromatic heterocycles. The number of nitrogens with one attached hydrogen (secondary N) is 6. The highest BCUT2D eigenvalue weighted by atomic mass is 32.2. The number of carboxylic acid groups (broad SMARTS) is 3. The topological polar surface area (TPSA) is 385 Å². The summed E-state index contributed by atoms with van der Waals surface area (Å²) in [6.45, 7) is 1.65. The number of H-pyrrole nitrogens is 1. The van der Waals surface area contributed by atoms with Crippen molar-refractivity contribution in [3.63, 3.8) is 0 Å². The first-order chi connectivity index (χ1) is 32.7. The highest BCUT2D eigenvalue weighted by Gasteiger charge is 2.41. The lowest BCUT2D eigenvalue weighted by atomic mass is 10.0. The highest BCUT2D eigenvalue weighted by Crippen LogP contribution is 2.23. The van der Waals surface area contributed by atoms with Gasteiger partial charge in [-0.25, -0.2) is 4.79 Å². The van der Waals surface area contributed by atoms with Crippen LogP contribution in [0.2, 0.25) is 0 Å².